The minimum atomic E-state index is -3.58. The third-order valence-electron chi connectivity index (χ3n) is 4.02. The van der Waals surface area contributed by atoms with E-state index >= 15 is 0 Å². The SMILES string of the molecule is CCOc1ccc(S(=O)(=O)NCc2ccc3cc(OC)ccc3c2)cc1. The number of fused-ring (bicyclic) bond motifs is 1. The second-order valence-electron chi connectivity index (χ2n) is 5.78. The zero-order valence-corrected chi connectivity index (χ0v) is 15.5. The standard InChI is InChI=1S/C20H21NO4S/c1-3-25-18-8-10-20(11-9-18)26(22,23)21-14-15-4-5-17-13-19(24-2)7-6-16(17)12-15/h4-13,21H,3,14H2,1-2H3. The molecular weight excluding hydrogens is 350 g/mol. The van der Waals surface area contributed by atoms with E-state index in [0.717, 1.165) is 22.1 Å². The average molecular weight is 371 g/mol. The lowest BCUT2D eigenvalue weighted by Gasteiger charge is -2.09. The fourth-order valence-corrected chi connectivity index (χ4v) is 3.67. The number of rotatable bonds is 7. The van der Waals surface area contributed by atoms with Gasteiger partial charge in [0.2, 0.25) is 10.0 Å². The van der Waals surface area contributed by atoms with Crippen LogP contribution in [-0.2, 0) is 16.6 Å². The van der Waals surface area contributed by atoms with Crippen LogP contribution in [0.2, 0.25) is 0 Å². The van der Waals surface area contributed by atoms with E-state index in [0.29, 0.717) is 12.4 Å². The Morgan fingerprint density at radius 2 is 1.54 bits per heavy atom. The summed E-state index contributed by atoms with van der Waals surface area (Å²) in [6.45, 7) is 2.64. The second kappa shape index (κ2) is 7.76. The monoisotopic (exact) mass is 371 g/mol. The maximum Gasteiger partial charge on any atom is 0.240 e. The van der Waals surface area contributed by atoms with E-state index in [2.05, 4.69) is 4.72 Å². The normalized spacial score (nSPS) is 11.5. The molecule has 0 saturated heterocycles. The Morgan fingerprint density at radius 1 is 0.885 bits per heavy atom. The molecule has 0 saturated carbocycles. The first-order chi connectivity index (χ1) is 12.5. The van der Waals surface area contributed by atoms with Crippen LogP contribution in [-0.4, -0.2) is 22.1 Å². The lowest BCUT2D eigenvalue weighted by atomic mass is 10.1. The van der Waals surface area contributed by atoms with E-state index in [1.54, 1.807) is 31.4 Å². The van der Waals surface area contributed by atoms with Crippen molar-refractivity contribution >= 4 is 20.8 Å². The molecule has 0 aliphatic rings. The fourth-order valence-electron chi connectivity index (χ4n) is 2.65. The van der Waals surface area contributed by atoms with Gasteiger partial charge in [0.15, 0.2) is 0 Å². The fraction of sp³-hybridized carbons (Fsp3) is 0.200. The van der Waals surface area contributed by atoms with Crippen molar-refractivity contribution in [3.8, 4) is 11.5 Å². The molecule has 1 N–H and O–H groups in total. The molecule has 3 aromatic carbocycles. The van der Waals surface area contributed by atoms with Gasteiger partial charge in [-0.05, 0) is 65.7 Å². The summed E-state index contributed by atoms with van der Waals surface area (Å²) in [5.74, 6) is 1.44. The molecule has 0 bridgehead atoms. The summed E-state index contributed by atoms with van der Waals surface area (Å²) in [6, 6.07) is 18.0. The summed E-state index contributed by atoms with van der Waals surface area (Å²) in [7, 11) is -1.95. The van der Waals surface area contributed by atoms with E-state index in [-0.39, 0.29) is 11.4 Å². The van der Waals surface area contributed by atoms with Gasteiger partial charge < -0.3 is 9.47 Å². The third kappa shape index (κ3) is 4.15. The molecule has 0 aliphatic carbocycles. The Bertz CT molecular complexity index is 998. The van der Waals surface area contributed by atoms with Crippen LogP contribution < -0.4 is 14.2 Å². The maximum atomic E-state index is 12.5. The number of nitrogens with one attached hydrogen (secondary N) is 1. The molecule has 26 heavy (non-hydrogen) atoms. The molecule has 5 nitrogen and oxygen atoms in total. The molecule has 136 valence electrons. The molecular formula is C20H21NO4S. The van der Waals surface area contributed by atoms with Crippen molar-refractivity contribution in [1.29, 1.82) is 0 Å². The van der Waals surface area contributed by atoms with Crippen LogP contribution in [0, 0.1) is 0 Å². The second-order valence-corrected chi connectivity index (χ2v) is 7.54. The van der Waals surface area contributed by atoms with Gasteiger partial charge in [0.05, 0.1) is 18.6 Å². The zero-order chi connectivity index (χ0) is 18.6. The molecule has 0 spiro atoms. The van der Waals surface area contributed by atoms with Gasteiger partial charge in [-0.1, -0.05) is 18.2 Å². The highest BCUT2D eigenvalue weighted by Crippen LogP contribution is 2.22. The quantitative estimate of drug-likeness (QED) is 0.687. The summed E-state index contributed by atoms with van der Waals surface area (Å²) in [6.07, 6.45) is 0. The van der Waals surface area contributed by atoms with Gasteiger partial charge in [0.25, 0.3) is 0 Å². The van der Waals surface area contributed by atoms with E-state index in [1.807, 2.05) is 43.3 Å². The first kappa shape index (κ1) is 18.2. The van der Waals surface area contributed by atoms with Crippen molar-refractivity contribution in [2.24, 2.45) is 0 Å². The largest absolute Gasteiger partial charge is 0.497 e. The molecule has 0 heterocycles. The minimum Gasteiger partial charge on any atom is -0.497 e. The van der Waals surface area contributed by atoms with Crippen molar-refractivity contribution < 1.29 is 17.9 Å². The zero-order valence-electron chi connectivity index (χ0n) is 14.7. The molecule has 0 aromatic heterocycles. The van der Waals surface area contributed by atoms with Crippen LogP contribution in [0.4, 0.5) is 0 Å². The predicted molar refractivity (Wildman–Crippen MR) is 102 cm³/mol. The number of hydrogen-bond donors (Lipinski definition) is 1. The summed E-state index contributed by atoms with van der Waals surface area (Å²) < 4.78 is 38.1. The van der Waals surface area contributed by atoms with Gasteiger partial charge in [-0.25, -0.2) is 13.1 Å². The number of hydrogen-bond acceptors (Lipinski definition) is 4. The van der Waals surface area contributed by atoms with Crippen LogP contribution in [0.15, 0.2) is 65.6 Å². The van der Waals surface area contributed by atoms with E-state index in [4.69, 9.17) is 9.47 Å². The highest BCUT2D eigenvalue weighted by Gasteiger charge is 2.13. The van der Waals surface area contributed by atoms with E-state index in [9.17, 15) is 8.42 Å². The summed E-state index contributed by atoms with van der Waals surface area (Å²) in [4.78, 5) is 0.214. The smallest absolute Gasteiger partial charge is 0.240 e. The number of ether oxygens (including phenoxy) is 2. The molecule has 0 unspecified atom stereocenters. The van der Waals surface area contributed by atoms with Crippen LogP contribution in [0.25, 0.3) is 10.8 Å². The molecule has 6 heteroatoms. The lowest BCUT2D eigenvalue weighted by Crippen LogP contribution is -2.23. The average Bonchev–Trinajstić information content (AvgIpc) is 2.66. The highest BCUT2D eigenvalue weighted by molar-refractivity contribution is 7.89. The lowest BCUT2D eigenvalue weighted by molar-refractivity contribution is 0.340. The Labute approximate surface area is 153 Å². The first-order valence-corrected chi connectivity index (χ1v) is 9.79. The Morgan fingerprint density at radius 3 is 2.23 bits per heavy atom. The van der Waals surface area contributed by atoms with Crippen molar-refractivity contribution in [3.05, 3.63) is 66.2 Å². The van der Waals surface area contributed by atoms with Gasteiger partial charge in [0.1, 0.15) is 11.5 Å². The Kier molecular flexibility index (Phi) is 5.44. The molecule has 0 atom stereocenters. The Balaban J connectivity index is 1.73. The molecule has 0 aliphatic heterocycles. The molecule has 0 fully saturated rings. The summed E-state index contributed by atoms with van der Waals surface area (Å²) >= 11 is 0. The predicted octanol–water partition coefficient (Wildman–Crippen LogP) is 3.73. The van der Waals surface area contributed by atoms with Gasteiger partial charge in [-0.2, -0.15) is 0 Å². The van der Waals surface area contributed by atoms with E-state index in [1.165, 1.54) is 0 Å². The van der Waals surface area contributed by atoms with Gasteiger partial charge in [-0.15, -0.1) is 0 Å². The minimum absolute atomic E-state index is 0.214. The molecule has 0 radical (unpaired) electrons. The number of benzene rings is 3. The molecule has 3 aromatic rings. The van der Waals surface area contributed by atoms with Crippen LogP contribution in [0.5, 0.6) is 11.5 Å². The first-order valence-electron chi connectivity index (χ1n) is 8.31. The number of methoxy groups -OCH3 is 1. The van der Waals surface area contributed by atoms with Crippen LogP contribution in [0.1, 0.15) is 12.5 Å². The third-order valence-corrected chi connectivity index (χ3v) is 5.44. The number of sulfonamides is 1. The van der Waals surface area contributed by atoms with Crippen molar-refractivity contribution in [2.45, 2.75) is 18.4 Å². The summed E-state index contributed by atoms with van der Waals surface area (Å²) in [5, 5.41) is 2.08. The van der Waals surface area contributed by atoms with Crippen LogP contribution >= 0.6 is 0 Å². The van der Waals surface area contributed by atoms with Crippen LogP contribution in [0.3, 0.4) is 0 Å². The maximum absolute atomic E-state index is 12.5. The Hall–Kier alpha value is -2.57. The van der Waals surface area contributed by atoms with Crippen molar-refractivity contribution in [2.75, 3.05) is 13.7 Å². The molecule has 3 rings (SSSR count). The van der Waals surface area contributed by atoms with Crippen molar-refractivity contribution in [3.63, 3.8) is 0 Å². The topological polar surface area (TPSA) is 64.6 Å². The van der Waals surface area contributed by atoms with Crippen molar-refractivity contribution in [1.82, 2.24) is 4.72 Å². The van der Waals surface area contributed by atoms with Gasteiger partial charge in [0, 0.05) is 6.54 Å². The summed E-state index contributed by atoms with van der Waals surface area (Å²) in [5.41, 5.74) is 0.886. The van der Waals surface area contributed by atoms with Gasteiger partial charge in [-0.3, -0.25) is 0 Å². The molecule has 0 amide bonds. The highest BCUT2D eigenvalue weighted by atomic mass is 32.2. The van der Waals surface area contributed by atoms with Gasteiger partial charge >= 0.3 is 0 Å². The van der Waals surface area contributed by atoms with E-state index < -0.39 is 10.0 Å².